The number of aliphatic hydroxyl groups is 1. The van der Waals surface area contributed by atoms with E-state index in [4.69, 9.17) is 9.84 Å². The van der Waals surface area contributed by atoms with Gasteiger partial charge in [0.15, 0.2) is 5.75 Å². The van der Waals surface area contributed by atoms with Crippen molar-refractivity contribution < 1.29 is 9.84 Å². The van der Waals surface area contributed by atoms with Crippen LogP contribution in [0.15, 0.2) is 43.0 Å². The van der Waals surface area contributed by atoms with E-state index in [1.54, 1.807) is 12.4 Å². The summed E-state index contributed by atoms with van der Waals surface area (Å²) in [4.78, 5) is 7.81. The van der Waals surface area contributed by atoms with Crippen LogP contribution in [0, 0.1) is 0 Å². The zero-order valence-corrected chi connectivity index (χ0v) is 10.6. The van der Waals surface area contributed by atoms with Crippen molar-refractivity contribution in [3.63, 3.8) is 0 Å². The molecule has 0 bridgehead atoms. The van der Waals surface area contributed by atoms with E-state index in [0.717, 1.165) is 18.7 Å². The van der Waals surface area contributed by atoms with Crippen LogP contribution in [0.25, 0.3) is 0 Å². The average Bonchev–Trinajstić information content (AvgIpc) is 2.45. The Kier molecular flexibility index (Phi) is 5.28. The molecule has 19 heavy (non-hydrogen) atoms. The van der Waals surface area contributed by atoms with Crippen LogP contribution >= 0.6 is 0 Å². The van der Waals surface area contributed by atoms with E-state index in [2.05, 4.69) is 21.4 Å². The fraction of sp³-hybridized carbons (Fsp3) is 0.286. The molecule has 0 amide bonds. The number of nitrogens with one attached hydrogen (secondary N) is 1. The number of nitrogens with zero attached hydrogens (tertiary/aromatic N) is 2. The molecule has 5 heteroatoms. The Morgan fingerprint density at radius 1 is 1.11 bits per heavy atom. The van der Waals surface area contributed by atoms with Gasteiger partial charge in [-0.25, -0.2) is 9.97 Å². The van der Waals surface area contributed by atoms with E-state index in [0.29, 0.717) is 12.3 Å². The molecule has 0 atom stereocenters. The smallest absolute Gasteiger partial charge is 0.163 e. The Labute approximate surface area is 112 Å². The van der Waals surface area contributed by atoms with Crippen molar-refractivity contribution in [3.8, 4) is 11.5 Å². The van der Waals surface area contributed by atoms with E-state index < -0.39 is 0 Å². The van der Waals surface area contributed by atoms with Gasteiger partial charge in [-0.3, -0.25) is 0 Å². The maximum atomic E-state index is 8.68. The van der Waals surface area contributed by atoms with Crippen molar-refractivity contribution >= 4 is 0 Å². The van der Waals surface area contributed by atoms with Crippen molar-refractivity contribution in [1.29, 1.82) is 0 Å². The molecule has 1 aromatic carbocycles. The first kappa shape index (κ1) is 13.5. The predicted molar refractivity (Wildman–Crippen MR) is 72.2 cm³/mol. The molecule has 0 saturated heterocycles. The van der Waals surface area contributed by atoms with Gasteiger partial charge in [0.2, 0.25) is 0 Å². The van der Waals surface area contributed by atoms with Gasteiger partial charge in [0.25, 0.3) is 0 Å². The molecule has 2 N–H and O–H groups in total. The van der Waals surface area contributed by atoms with Gasteiger partial charge in [-0.05, 0) is 30.7 Å². The van der Waals surface area contributed by atoms with E-state index >= 15 is 0 Å². The summed E-state index contributed by atoms with van der Waals surface area (Å²) in [6, 6.07) is 7.90. The molecule has 2 aromatic rings. The molecule has 0 aliphatic rings. The highest BCUT2D eigenvalue weighted by atomic mass is 16.5. The minimum absolute atomic E-state index is 0.164. The van der Waals surface area contributed by atoms with Crippen LogP contribution in [0.3, 0.4) is 0 Å². The van der Waals surface area contributed by atoms with Gasteiger partial charge < -0.3 is 15.2 Å². The van der Waals surface area contributed by atoms with Gasteiger partial charge in [0.05, 0.1) is 19.0 Å². The van der Waals surface area contributed by atoms with Gasteiger partial charge in [-0.1, -0.05) is 12.1 Å². The average molecular weight is 259 g/mol. The summed E-state index contributed by atoms with van der Waals surface area (Å²) < 4.78 is 5.66. The van der Waals surface area contributed by atoms with Gasteiger partial charge in [-0.15, -0.1) is 0 Å². The van der Waals surface area contributed by atoms with E-state index in [-0.39, 0.29) is 6.61 Å². The summed E-state index contributed by atoms with van der Waals surface area (Å²) >= 11 is 0. The van der Waals surface area contributed by atoms with Crippen LogP contribution < -0.4 is 10.1 Å². The number of hydrogen-bond donors (Lipinski definition) is 2. The lowest BCUT2D eigenvalue weighted by Crippen LogP contribution is -2.20. The second kappa shape index (κ2) is 7.45. The largest absolute Gasteiger partial charge is 0.454 e. The van der Waals surface area contributed by atoms with Crippen molar-refractivity contribution in [1.82, 2.24) is 15.3 Å². The first-order valence-corrected chi connectivity index (χ1v) is 6.22. The van der Waals surface area contributed by atoms with Crippen molar-refractivity contribution in [2.24, 2.45) is 0 Å². The van der Waals surface area contributed by atoms with E-state index in [9.17, 15) is 0 Å². The number of aromatic nitrogens is 2. The summed E-state index contributed by atoms with van der Waals surface area (Å²) in [5.41, 5.74) is 1.18. The lowest BCUT2D eigenvalue weighted by molar-refractivity contribution is 0.293. The summed E-state index contributed by atoms with van der Waals surface area (Å²) in [6.07, 6.45) is 5.61. The van der Waals surface area contributed by atoms with Crippen LogP contribution in [-0.2, 0) is 6.42 Å². The fourth-order valence-electron chi connectivity index (χ4n) is 1.68. The Hall–Kier alpha value is -1.98. The Morgan fingerprint density at radius 3 is 2.74 bits per heavy atom. The zero-order chi connectivity index (χ0) is 13.3. The molecule has 0 unspecified atom stereocenters. The van der Waals surface area contributed by atoms with Crippen LogP contribution in [-0.4, -0.2) is 34.8 Å². The number of rotatable bonds is 7. The Bertz CT molecular complexity index is 491. The standard InChI is InChI=1S/C14H17N3O2/c18-7-6-15-5-4-12-2-1-3-13(8-12)19-14-9-16-11-17-10-14/h1-3,8-11,15,18H,4-7H2. The third-order valence-electron chi connectivity index (χ3n) is 2.55. The topological polar surface area (TPSA) is 67.3 Å². The molecule has 2 rings (SSSR count). The normalized spacial score (nSPS) is 10.4. The second-order valence-corrected chi connectivity index (χ2v) is 4.05. The minimum Gasteiger partial charge on any atom is -0.454 e. The summed E-state index contributed by atoms with van der Waals surface area (Å²) in [7, 11) is 0. The molecule has 0 aliphatic carbocycles. The highest BCUT2D eigenvalue weighted by molar-refractivity contribution is 5.32. The van der Waals surface area contributed by atoms with Crippen LogP contribution in [0.2, 0.25) is 0 Å². The third-order valence-corrected chi connectivity index (χ3v) is 2.55. The molecule has 1 heterocycles. The molecule has 1 aromatic heterocycles. The number of benzene rings is 1. The minimum atomic E-state index is 0.164. The van der Waals surface area contributed by atoms with E-state index in [1.807, 2.05) is 18.2 Å². The van der Waals surface area contributed by atoms with Crippen molar-refractivity contribution in [2.75, 3.05) is 19.7 Å². The SMILES string of the molecule is OCCNCCc1cccc(Oc2cncnc2)c1. The number of ether oxygens (including phenoxy) is 1. The van der Waals surface area contributed by atoms with E-state index in [1.165, 1.54) is 11.9 Å². The summed E-state index contributed by atoms with van der Waals surface area (Å²) in [5.74, 6) is 1.40. The van der Waals surface area contributed by atoms with Crippen LogP contribution in [0.1, 0.15) is 5.56 Å². The molecule has 0 spiro atoms. The van der Waals surface area contributed by atoms with Crippen LogP contribution in [0.4, 0.5) is 0 Å². The molecule has 0 saturated carbocycles. The molecular weight excluding hydrogens is 242 g/mol. The number of aliphatic hydroxyl groups excluding tert-OH is 1. The molecule has 0 fully saturated rings. The lowest BCUT2D eigenvalue weighted by atomic mass is 10.1. The Balaban J connectivity index is 1.91. The van der Waals surface area contributed by atoms with Gasteiger partial charge in [-0.2, -0.15) is 0 Å². The quantitative estimate of drug-likeness (QED) is 0.736. The second-order valence-electron chi connectivity index (χ2n) is 4.05. The lowest BCUT2D eigenvalue weighted by Gasteiger charge is -2.07. The maximum Gasteiger partial charge on any atom is 0.163 e. The molecular formula is C14H17N3O2. The fourth-order valence-corrected chi connectivity index (χ4v) is 1.68. The van der Waals surface area contributed by atoms with Gasteiger partial charge in [0.1, 0.15) is 12.1 Å². The van der Waals surface area contributed by atoms with Crippen LogP contribution in [0.5, 0.6) is 11.5 Å². The van der Waals surface area contributed by atoms with Crippen molar-refractivity contribution in [2.45, 2.75) is 6.42 Å². The highest BCUT2D eigenvalue weighted by Gasteiger charge is 1.99. The summed E-state index contributed by atoms with van der Waals surface area (Å²) in [5, 5.41) is 11.8. The monoisotopic (exact) mass is 259 g/mol. The maximum absolute atomic E-state index is 8.68. The summed E-state index contributed by atoms with van der Waals surface area (Å²) in [6.45, 7) is 1.62. The molecule has 5 nitrogen and oxygen atoms in total. The molecule has 0 aliphatic heterocycles. The molecule has 0 radical (unpaired) electrons. The molecule has 100 valence electrons. The third kappa shape index (κ3) is 4.65. The van der Waals surface area contributed by atoms with Crippen molar-refractivity contribution in [3.05, 3.63) is 48.5 Å². The van der Waals surface area contributed by atoms with Gasteiger partial charge >= 0.3 is 0 Å². The zero-order valence-electron chi connectivity index (χ0n) is 10.6. The first-order chi connectivity index (χ1) is 9.38. The highest BCUT2D eigenvalue weighted by Crippen LogP contribution is 2.20. The number of hydrogen-bond acceptors (Lipinski definition) is 5. The first-order valence-electron chi connectivity index (χ1n) is 6.22. The Morgan fingerprint density at radius 2 is 1.95 bits per heavy atom. The van der Waals surface area contributed by atoms with Gasteiger partial charge in [0, 0.05) is 6.54 Å². The predicted octanol–water partition coefficient (Wildman–Crippen LogP) is 1.39.